The number of nitrogens with zero attached hydrogens (tertiary/aromatic N) is 3. The first-order valence-corrected chi connectivity index (χ1v) is 12.5. The second-order valence-corrected chi connectivity index (χ2v) is 10.7. The Balaban J connectivity index is 1.55. The number of fused-ring (bicyclic) bond motifs is 1. The van der Waals surface area contributed by atoms with Crippen LogP contribution in [0.15, 0.2) is 52.3 Å². The largest absolute Gasteiger partial charge is 0.456 e. The zero-order valence-electron chi connectivity index (χ0n) is 18.3. The standard InChI is InChI=1S/C22H21Cl2N3O6S/c1-13-9-26(10-14(2)33-13)34(30,31)19-7-15(3-5-18(19)24)22(29)32-12-17-8-21(28)27-11-16(23)4-6-20(27)25-17/h3-8,11,13-14H,9-10,12H2,1-2H3. The molecule has 1 aromatic carbocycles. The summed E-state index contributed by atoms with van der Waals surface area (Å²) in [5, 5.41) is 0.372. The molecule has 1 aliphatic rings. The van der Waals surface area contributed by atoms with Crippen molar-refractivity contribution in [3.05, 3.63) is 74.3 Å². The Labute approximate surface area is 205 Å². The molecule has 3 aromatic rings. The lowest BCUT2D eigenvalue weighted by molar-refractivity contribution is -0.0440. The van der Waals surface area contributed by atoms with Crippen LogP contribution in [0.25, 0.3) is 5.65 Å². The summed E-state index contributed by atoms with van der Waals surface area (Å²) in [4.78, 5) is 29.0. The summed E-state index contributed by atoms with van der Waals surface area (Å²) in [5.74, 6) is -0.782. The van der Waals surface area contributed by atoms with Crippen LogP contribution in [-0.4, -0.2) is 53.4 Å². The van der Waals surface area contributed by atoms with Gasteiger partial charge in [0.2, 0.25) is 10.0 Å². The van der Waals surface area contributed by atoms with E-state index in [1.165, 1.54) is 39.2 Å². The molecule has 2 atom stereocenters. The van der Waals surface area contributed by atoms with Crippen molar-refractivity contribution in [2.24, 2.45) is 0 Å². The van der Waals surface area contributed by atoms with Gasteiger partial charge in [-0.25, -0.2) is 18.2 Å². The fourth-order valence-corrected chi connectivity index (χ4v) is 5.97. The van der Waals surface area contributed by atoms with E-state index in [-0.39, 0.29) is 58.6 Å². The van der Waals surface area contributed by atoms with Gasteiger partial charge in [-0.3, -0.25) is 9.20 Å². The van der Waals surface area contributed by atoms with E-state index < -0.39 is 16.0 Å². The molecule has 3 heterocycles. The number of sulfonamides is 1. The number of carbonyl (C=O) groups excluding carboxylic acids is 1. The number of carbonyl (C=O) groups is 1. The number of ether oxygens (including phenoxy) is 2. The van der Waals surface area contributed by atoms with Gasteiger partial charge in [-0.1, -0.05) is 23.2 Å². The van der Waals surface area contributed by atoms with Gasteiger partial charge < -0.3 is 9.47 Å². The molecule has 0 N–H and O–H groups in total. The molecule has 1 aliphatic heterocycles. The number of hydrogen-bond acceptors (Lipinski definition) is 7. The van der Waals surface area contributed by atoms with Crippen LogP contribution in [0, 0.1) is 0 Å². The summed E-state index contributed by atoms with van der Waals surface area (Å²) in [6.45, 7) is 3.64. The van der Waals surface area contributed by atoms with Crippen molar-refractivity contribution in [2.45, 2.75) is 37.6 Å². The third-order valence-electron chi connectivity index (χ3n) is 5.20. The number of aromatic nitrogens is 2. The number of hydrogen-bond donors (Lipinski definition) is 0. The molecule has 1 saturated heterocycles. The lowest BCUT2D eigenvalue weighted by atomic mass is 10.2. The molecule has 12 heteroatoms. The van der Waals surface area contributed by atoms with Crippen LogP contribution in [0.3, 0.4) is 0 Å². The average molecular weight is 526 g/mol. The molecular formula is C22H21Cl2N3O6S. The predicted molar refractivity (Wildman–Crippen MR) is 126 cm³/mol. The van der Waals surface area contributed by atoms with Gasteiger partial charge in [0.1, 0.15) is 17.1 Å². The van der Waals surface area contributed by atoms with E-state index in [0.29, 0.717) is 10.7 Å². The highest BCUT2D eigenvalue weighted by molar-refractivity contribution is 7.89. The Hall–Kier alpha value is -2.50. The summed E-state index contributed by atoms with van der Waals surface area (Å²) in [7, 11) is -3.97. The molecule has 180 valence electrons. The second-order valence-electron chi connectivity index (χ2n) is 7.96. The van der Waals surface area contributed by atoms with E-state index in [2.05, 4.69) is 4.98 Å². The maximum atomic E-state index is 13.2. The molecule has 2 unspecified atom stereocenters. The van der Waals surface area contributed by atoms with Gasteiger partial charge in [0.25, 0.3) is 5.56 Å². The van der Waals surface area contributed by atoms with Crippen molar-refractivity contribution in [3.63, 3.8) is 0 Å². The van der Waals surface area contributed by atoms with E-state index in [9.17, 15) is 18.0 Å². The summed E-state index contributed by atoms with van der Waals surface area (Å²) >= 11 is 12.1. The molecular weight excluding hydrogens is 505 g/mol. The van der Waals surface area contributed by atoms with E-state index in [1.54, 1.807) is 26.0 Å². The average Bonchev–Trinajstić information content (AvgIpc) is 2.77. The molecule has 34 heavy (non-hydrogen) atoms. The Morgan fingerprint density at radius 2 is 1.85 bits per heavy atom. The Morgan fingerprint density at radius 3 is 2.56 bits per heavy atom. The smallest absolute Gasteiger partial charge is 0.338 e. The second kappa shape index (κ2) is 9.63. The van der Waals surface area contributed by atoms with E-state index in [1.807, 2.05) is 0 Å². The molecule has 4 rings (SSSR count). The maximum Gasteiger partial charge on any atom is 0.338 e. The quantitative estimate of drug-likeness (QED) is 0.470. The first-order chi connectivity index (χ1) is 16.0. The third kappa shape index (κ3) is 5.11. The maximum absolute atomic E-state index is 13.2. The Morgan fingerprint density at radius 1 is 1.15 bits per heavy atom. The predicted octanol–water partition coefficient (Wildman–Crippen LogP) is 3.16. The number of esters is 1. The highest BCUT2D eigenvalue weighted by Crippen LogP contribution is 2.28. The molecule has 2 aromatic heterocycles. The summed E-state index contributed by atoms with van der Waals surface area (Å²) in [5.41, 5.74) is 0.199. The van der Waals surface area contributed by atoms with Gasteiger partial charge in [-0.05, 0) is 44.2 Å². The monoisotopic (exact) mass is 525 g/mol. The SMILES string of the molecule is CC1CN(S(=O)(=O)c2cc(C(=O)OCc3cc(=O)n4cc(Cl)ccc4n3)ccc2Cl)CC(C)O1. The minimum Gasteiger partial charge on any atom is -0.456 e. The molecule has 9 nitrogen and oxygen atoms in total. The molecule has 0 aliphatic carbocycles. The fraction of sp³-hybridized carbons (Fsp3) is 0.318. The number of rotatable bonds is 5. The zero-order chi connectivity index (χ0) is 24.6. The normalized spacial score (nSPS) is 19.3. The van der Waals surface area contributed by atoms with Gasteiger partial charge in [0.05, 0.1) is 33.5 Å². The minimum absolute atomic E-state index is 0.00150. The first kappa shape index (κ1) is 24.6. The van der Waals surface area contributed by atoms with Crippen molar-refractivity contribution in [1.29, 1.82) is 0 Å². The van der Waals surface area contributed by atoms with E-state index in [4.69, 9.17) is 32.7 Å². The first-order valence-electron chi connectivity index (χ1n) is 10.3. The minimum atomic E-state index is -3.97. The Bertz CT molecular complexity index is 1420. The van der Waals surface area contributed by atoms with Crippen LogP contribution in [0.5, 0.6) is 0 Å². The molecule has 0 radical (unpaired) electrons. The van der Waals surface area contributed by atoms with Crippen LogP contribution in [0.4, 0.5) is 0 Å². The highest BCUT2D eigenvalue weighted by atomic mass is 35.5. The molecule has 0 spiro atoms. The van der Waals surface area contributed by atoms with Crippen LogP contribution < -0.4 is 5.56 Å². The lowest BCUT2D eigenvalue weighted by Crippen LogP contribution is -2.48. The van der Waals surface area contributed by atoms with Crippen molar-refractivity contribution in [1.82, 2.24) is 13.7 Å². The molecule has 0 bridgehead atoms. The summed E-state index contributed by atoms with van der Waals surface area (Å²) < 4.78 is 39.9. The van der Waals surface area contributed by atoms with Crippen molar-refractivity contribution < 1.29 is 22.7 Å². The summed E-state index contributed by atoms with van der Waals surface area (Å²) in [6, 6.07) is 8.29. The van der Waals surface area contributed by atoms with E-state index in [0.717, 1.165) is 0 Å². The molecule has 0 amide bonds. The highest BCUT2D eigenvalue weighted by Gasteiger charge is 2.34. The van der Waals surface area contributed by atoms with Gasteiger partial charge in [0.15, 0.2) is 0 Å². The lowest BCUT2D eigenvalue weighted by Gasteiger charge is -2.34. The van der Waals surface area contributed by atoms with Crippen LogP contribution in [-0.2, 0) is 26.1 Å². The van der Waals surface area contributed by atoms with Crippen molar-refractivity contribution in [3.8, 4) is 0 Å². The topological polar surface area (TPSA) is 107 Å². The molecule has 0 saturated carbocycles. The van der Waals surface area contributed by atoms with Gasteiger partial charge >= 0.3 is 5.97 Å². The van der Waals surface area contributed by atoms with Crippen LogP contribution in [0.2, 0.25) is 10.0 Å². The van der Waals surface area contributed by atoms with Crippen LogP contribution >= 0.6 is 23.2 Å². The number of benzene rings is 1. The van der Waals surface area contributed by atoms with Crippen molar-refractivity contribution in [2.75, 3.05) is 13.1 Å². The Kier molecular flexibility index (Phi) is 6.97. The zero-order valence-corrected chi connectivity index (χ0v) is 20.6. The van der Waals surface area contributed by atoms with Gasteiger partial charge in [-0.15, -0.1) is 0 Å². The van der Waals surface area contributed by atoms with Crippen molar-refractivity contribution >= 4 is 44.8 Å². The third-order valence-corrected chi connectivity index (χ3v) is 7.74. The van der Waals surface area contributed by atoms with Gasteiger partial charge in [0, 0.05) is 25.4 Å². The van der Waals surface area contributed by atoms with Gasteiger partial charge in [-0.2, -0.15) is 4.31 Å². The number of pyridine rings is 1. The fourth-order valence-electron chi connectivity index (χ4n) is 3.72. The van der Waals surface area contributed by atoms with E-state index >= 15 is 0 Å². The number of halogens is 2. The summed E-state index contributed by atoms with van der Waals surface area (Å²) in [6.07, 6.45) is 0.883. The molecule has 1 fully saturated rings. The number of morpholine rings is 1. The van der Waals surface area contributed by atoms with Crippen LogP contribution in [0.1, 0.15) is 29.9 Å².